The zero-order valence-corrected chi connectivity index (χ0v) is 15.0. The van der Waals surface area contributed by atoms with E-state index in [1.54, 1.807) is 13.2 Å². The molecule has 1 atom stereocenters. The molecule has 1 heterocycles. The Balaban J connectivity index is 2.18. The number of hydrogen-bond acceptors (Lipinski definition) is 7. The highest BCUT2D eigenvalue weighted by Crippen LogP contribution is 2.56. The second kappa shape index (κ2) is 7.03. The number of ketones is 1. The molecular formula is C19H20O7. The number of carbonyl (C=O) groups is 1. The van der Waals surface area contributed by atoms with Gasteiger partial charge in [0.1, 0.15) is 17.4 Å². The van der Waals surface area contributed by atoms with Crippen molar-refractivity contribution >= 4 is 5.78 Å². The number of rotatable bonds is 5. The Hall–Kier alpha value is -3.09. The molecule has 0 aromatic heterocycles. The summed E-state index contributed by atoms with van der Waals surface area (Å²) in [6, 6.07) is 7.29. The molecule has 26 heavy (non-hydrogen) atoms. The zero-order chi connectivity index (χ0) is 18.8. The number of benzene rings is 2. The highest BCUT2D eigenvalue weighted by atomic mass is 16.6. The molecule has 0 bridgehead atoms. The Morgan fingerprint density at radius 1 is 0.962 bits per heavy atom. The Morgan fingerprint density at radius 3 is 2.23 bits per heavy atom. The molecule has 0 saturated heterocycles. The first-order valence-electron chi connectivity index (χ1n) is 7.94. The maximum atomic E-state index is 12.8. The van der Waals surface area contributed by atoms with Crippen molar-refractivity contribution in [2.45, 2.75) is 12.5 Å². The summed E-state index contributed by atoms with van der Waals surface area (Å²) in [5.74, 6) is 0.468. The van der Waals surface area contributed by atoms with E-state index in [-0.39, 0.29) is 46.5 Å². The van der Waals surface area contributed by atoms with E-state index in [4.69, 9.17) is 23.7 Å². The topological polar surface area (TPSA) is 83.5 Å². The normalized spacial score (nSPS) is 15.7. The van der Waals surface area contributed by atoms with E-state index in [0.717, 1.165) is 5.56 Å². The Kier molecular flexibility index (Phi) is 4.79. The summed E-state index contributed by atoms with van der Waals surface area (Å²) in [7, 11) is 5.76. The minimum Gasteiger partial charge on any atom is -0.504 e. The number of ether oxygens (including phenoxy) is 5. The van der Waals surface area contributed by atoms with Crippen molar-refractivity contribution in [2.75, 3.05) is 28.4 Å². The van der Waals surface area contributed by atoms with Gasteiger partial charge in [-0.15, -0.1) is 0 Å². The molecule has 1 N–H and O–H groups in total. The molecule has 0 amide bonds. The van der Waals surface area contributed by atoms with Gasteiger partial charge in [-0.2, -0.15) is 0 Å². The highest BCUT2D eigenvalue weighted by Gasteiger charge is 2.38. The first kappa shape index (κ1) is 17.7. The number of hydrogen-bond donors (Lipinski definition) is 1. The SMILES string of the molecule is COc1ccccc1C1CC(=O)c2c(O)c(OC)c(OC)c(OC)c2O1. The predicted molar refractivity (Wildman–Crippen MR) is 93.1 cm³/mol. The third-order valence-corrected chi connectivity index (χ3v) is 4.31. The number of Topliss-reactive ketones (excluding diaryl/α,β-unsaturated/α-hetero) is 1. The first-order chi connectivity index (χ1) is 12.6. The molecule has 2 aromatic rings. The van der Waals surface area contributed by atoms with Crippen LogP contribution >= 0.6 is 0 Å². The molecule has 3 rings (SSSR count). The molecule has 1 aliphatic heterocycles. The van der Waals surface area contributed by atoms with E-state index in [1.165, 1.54) is 21.3 Å². The summed E-state index contributed by atoms with van der Waals surface area (Å²) >= 11 is 0. The Morgan fingerprint density at radius 2 is 1.62 bits per heavy atom. The van der Waals surface area contributed by atoms with E-state index in [1.807, 2.05) is 18.2 Å². The van der Waals surface area contributed by atoms with Gasteiger partial charge in [0.15, 0.2) is 17.3 Å². The van der Waals surface area contributed by atoms with Gasteiger partial charge in [0.05, 0.1) is 34.9 Å². The van der Waals surface area contributed by atoms with Crippen LogP contribution < -0.4 is 23.7 Å². The number of fused-ring (bicyclic) bond motifs is 1. The summed E-state index contributed by atoms with van der Waals surface area (Å²) in [6.07, 6.45) is -0.544. The lowest BCUT2D eigenvalue weighted by Gasteiger charge is -2.29. The molecule has 0 saturated carbocycles. The van der Waals surface area contributed by atoms with E-state index in [0.29, 0.717) is 5.75 Å². The maximum Gasteiger partial charge on any atom is 0.211 e. The van der Waals surface area contributed by atoms with Crippen LogP contribution in [0, 0.1) is 0 Å². The Labute approximate surface area is 151 Å². The monoisotopic (exact) mass is 360 g/mol. The molecule has 0 radical (unpaired) electrons. The molecule has 0 fully saturated rings. The molecule has 1 unspecified atom stereocenters. The van der Waals surface area contributed by atoms with Crippen LogP contribution in [0.25, 0.3) is 0 Å². The number of aromatic hydroxyl groups is 1. The van der Waals surface area contributed by atoms with Gasteiger partial charge < -0.3 is 28.8 Å². The van der Waals surface area contributed by atoms with Gasteiger partial charge in [0, 0.05) is 5.56 Å². The fraction of sp³-hybridized carbons (Fsp3) is 0.316. The van der Waals surface area contributed by atoms with Crippen LogP contribution in [0.3, 0.4) is 0 Å². The Bertz CT molecular complexity index is 844. The lowest BCUT2D eigenvalue weighted by atomic mass is 9.94. The molecule has 2 aromatic carbocycles. The molecule has 1 aliphatic rings. The van der Waals surface area contributed by atoms with E-state index < -0.39 is 6.10 Å². The first-order valence-corrected chi connectivity index (χ1v) is 7.94. The van der Waals surface area contributed by atoms with E-state index in [9.17, 15) is 9.90 Å². The summed E-state index contributed by atoms with van der Waals surface area (Å²) < 4.78 is 27.3. The third-order valence-electron chi connectivity index (χ3n) is 4.31. The van der Waals surface area contributed by atoms with E-state index >= 15 is 0 Å². The van der Waals surface area contributed by atoms with Crippen LogP contribution in [-0.2, 0) is 0 Å². The average Bonchev–Trinajstić information content (AvgIpc) is 2.66. The number of para-hydroxylation sites is 1. The predicted octanol–water partition coefficient (Wildman–Crippen LogP) is 3.13. The number of phenols is 1. The van der Waals surface area contributed by atoms with Crippen molar-refractivity contribution in [3.63, 3.8) is 0 Å². The average molecular weight is 360 g/mol. The summed E-state index contributed by atoms with van der Waals surface area (Å²) in [5, 5.41) is 10.5. The van der Waals surface area contributed by atoms with Gasteiger partial charge >= 0.3 is 0 Å². The summed E-state index contributed by atoms with van der Waals surface area (Å²) in [6.45, 7) is 0. The fourth-order valence-corrected chi connectivity index (χ4v) is 3.14. The minimum absolute atomic E-state index is 0.0191. The fourth-order valence-electron chi connectivity index (χ4n) is 3.14. The minimum atomic E-state index is -0.586. The van der Waals surface area contributed by atoms with Crippen molar-refractivity contribution in [3.05, 3.63) is 35.4 Å². The quantitative estimate of drug-likeness (QED) is 0.877. The molecular weight excluding hydrogens is 340 g/mol. The number of methoxy groups -OCH3 is 4. The van der Waals surface area contributed by atoms with Gasteiger partial charge in [0.2, 0.25) is 17.2 Å². The molecule has 7 heteroatoms. The van der Waals surface area contributed by atoms with E-state index in [2.05, 4.69) is 0 Å². The molecule has 138 valence electrons. The largest absolute Gasteiger partial charge is 0.504 e. The van der Waals surface area contributed by atoms with Gasteiger partial charge in [-0.05, 0) is 6.07 Å². The third kappa shape index (κ3) is 2.65. The lowest BCUT2D eigenvalue weighted by molar-refractivity contribution is 0.0830. The van der Waals surface area contributed by atoms with Crippen molar-refractivity contribution in [1.29, 1.82) is 0 Å². The van der Waals surface area contributed by atoms with Gasteiger partial charge in [-0.1, -0.05) is 18.2 Å². The van der Waals surface area contributed by atoms with Crippen LogP contribution in [0.4, 0.5) is 0 Å². The van der Waals surface area contributed by atoms with Crippen molar-refractivity contribution in [2.24, 2.45) is 0 Å². The number of carbonyl (C=O) groups excluding carboxylic acids is 1. The summed E-state index contributed by atoms with van der Waals surface area (Å²) in [4.78, 5) is 12.8. The van der Waals surface area contributed by atoms with Crippen molar-refractivity contribution in [3.8, 4) is 34.5 Å². The molecule has 7 nitrogen and oxygen atoms in total. The van der Waals surface area contributed by atoms with Crippen LogP contribution in [-0.4, -0.2) is 39.3 Å². The lowest BCUT2D eigenvalue weighted by Crippen LogP contribution is -2.22. The van der Waals surface area contributed by atoms with Crippen molar-refractivity contribution in [1.82, 2.24) is 0 Å². The van der Waals surface area contributed by atoms with Gasteiger partial charge in [-0.3, -0.25) is 4.79 Å². The van der Waals surface area contributed by atoms with Gasteiger partial charge in [0.25, 0.3) is 0 Å². The standard InChI is InChI=1S/C19H20O7/c1-22-12-8-6-5-7-10(12)13-9-11(20)14-15(21)17(23-2)19(25-4)18(24-3)16(14)26-13/h5-8,13,21H,9H2,1-4H3. The van der Waals surface area contributed by atoms with Crippen LogP contribution in [0.2, 0.25) is 0 Å². The summed E-state index contributed by atoms with van der Waals surface area (Å²) in [5.41, 5.74) is 0.746. The van der Waals surface area contributed by atoms with Crippen molar-refractivity contribution < 1.29 is 33.6 Å². The van der Waals surface area contributed by atoms with Crippen LogP contribution in [0.5, 0.6) is 34.5 Å². The maximum absolute atomic E-state index is 12.8. The van der Waals surface area contributed by atoms with Gasteiger partial charge in [-0.25, -0.2) is 0 Å². The second-order valence-electron chi connectivity index (χ2n) is 5.63. The molecule has 0 aliphatic carbocycles. The highest BCUT2D eigenvalue weighted by molar-refractivity contribution is 6.05. The molecule has 0 spiro atoms. The second-order valence-corrected chi connectivity index (χ2v) is 5.63. The van der Waals surface area contributed by atoms with Crippen LogP contribution in [0.1, 0.15) is 28.4 Å². The van der Waals surface area contributed by atoms with Crippen LogP contribution in [0.15, 0.2) is 24.3 Å². The number of phenolic OH excluding ortho intramolecular Hbond substituents is 1. The smallest absolute Gasteiger partial charge is 0.211 e. The zero-order valence-electron chi connectivity index (χ0n) is 15.0.